The lowest BCUT2D eigenvalue weighted by molar-refractivity contribution is -0.130. The van der Waals surface area contributed by atoms with Gasteiger partial charge in [-0.2, -0.15) is 0 Å². The summed E-state index contributed by atoms with van der Waals surface area (Å²) in [5.41, 5.74) is 1.02. The van der Waals surface area contributed by atoms with E-state index in [1.807, 2.05) is 18.2 Å². The number of halogens is 1. The van der Waals surface area contributed by atoms with E-state index >= 15 is 0 Å². The topological polar surface area (TPSA) is 58.9 Å². The number of carbonyl (C=O) groups is 1. The zero-order chi connectivity index (χ0) is 11.5. The van der Waals surface area contributed by atoms with Crippen molar-refractivity contribution >= 4 is 23.5 Å². The van der Waals surface area contributed by atoms with E-state index in [4.69, 9.17) is 21.4 Å². The van der Waals surface area contributed by atoms with Crippen molar-refractivity contribution in [2.45, 2.75) is 12.5 Å². The molecule has 4 nitrogen and oxygen atoms in total. The number of benzene rings is 1. The quantitative estimate of drug-likeness (QED) is 0.875. The highest BCUT2D eigenvalue weighted by molar-refractivity contribution is 6.32. The summed E-state index contributed by atoms with van der Waals surface area (Å²) in [5, 5.41) is 9.33. The Balaban J connectivity index is 2.04. The Labute approximate surface area is 97.5 Å². The maximum atomic E-state index is 10.6. The SMILES string of the molecule is O=C(O)C1=NC(Cc2cccc(Cl)c2)CO1. The maximum absolute atomic E-state index is 10.6. The van der Waals surface area contributed by atoms with Gasteiger partial charge >= 0.3 is 5.97 Å². The second-order valence-corrected chi connectivity index (χ2v) is 3.97. The third-order valence-electron chi connectivity index (χ3n) is 2.26. The van der Waals surface area contributed by atoms with Crippen molar-refractivity contribution in [1.82, 2.24) is 0 Å². The smallest absolute Gasteiger partial charge is 0.391 e. The summed E-state index contributed by atoms with van der Waals surface area (Å²) >= 11 is 5.85. The zero-order valence-corrected chi connectivity index (χ0v) is 9.15. The molecule has 0 aliphatic carbocycles. The number of nitrogens with zero attached hydrogens (tertiary/aromatic N) is 1. The van der Waals surface area contributed by atoms with E-state index in [-0.39, 0.29) is 11.9 Å². The molecule has 1 aromatic carbocycles. The van der Waals surface area contributed by atoms with E-state index in [2.05, 4.69) is 4.99 Å². The number of aliphatic carboxylic acids is 1. The summed E-state index contributed by atoms with van der Waals surface area (Å²) in [6.07, 6.45) is 0.636. The van der Waals surface area contributed by atoms with Crippen LogP contribution in [0.2, 0.25) is 5.02 Å². The van der Waals surface area contributed by atoms with Crippen LogP contribution in [0.4, 0.5) is 0 Å². The van der Waals surface area contributed by atoms with E-state index < -0.39 is 5.97 Å². The van der Waals surface area contributed by atoms with Crippen LogP contribution < -0.4 is 0 Å². The van der Waals surface area contributed by atoms with Gasteiger partial charge in [-0.3, -0.25) is 0 Å². The first-order valence-electron chi connectivity index (χ1n) is 4.83. The third-order valence-corrected chi connectivity index (χ3v) is 2.49. The Hall–Kier alpha value is -1.55. The molecule has 0 amide bonds. The number of hydrogen-bond donors (Lipinski definition) is 1. The molecular weight excluding hydrogens is 230 g/mol. The molecular formula is C11H10ClNO3. The van der Waals surface area contributed by atoms with Crippen molar-refractivity contribution in [2.24, 2.45) is 4.99 Å². The van der Waals surface area contributed by atoms with Gasteiger partial charge in [0.05, 0.1) is 6.04 Å². The molecule has 1 heterocycles. The lowest BCUT2D eigenvalue weighted by Gasteiger charge is -2.04. The van der Waals surface area contributed by atoms with Gasteiger partial charge in [0, 0.05) is 5.02 Å². The van der Waals surface area contributed by atoms with Gasteiger partial charge in [-0.15, -0.1) is 0 Å². The van der Waals surface area contributed by atoms with Gasteiger partial charge < -0.3 is 9.84 Å². The molecule has 0 saturated carbocycles. The molecule has 5 heteroatoms. The first-order chi connectivity index (χ1) is 7.65. The van der Waals surface area contributed by atoms with Gasteiger partial charge in [-0.05, 0) is 24.1 Å². The van der Waals surface area contributed by atoms with Crippen molar-refractivity contribution in [3.05, 3.63) is 34.9 Å². The van der Waals surface area contributed by atoms with E-state index in [1.54, 1.807) is 6.07 Å². The molecule has 1 aliphatic heterocycles. The van der Waals surface area contributed by atoms with E-state index in [1.165, 1.54) is 0 Å². The van der Waals surface area contributed by atoms with Gasteiger partial charge in [0.15, 0.2) is 0 Å². The predicted octanol–water partition coefficient (Wildman–Crippen LogP) is 1.76. The Kier molecular flexibility index (Phi) is 3.10. The van der Waals surface area contributed by atoms with Crippen molar-refractivity contribution in [3.8, 4) is 0 Å². The molecule has 16 heavy (non-hydrogen) atoms. The second-order valence-electron chi connectivity index (χ2n) is 3.54. The molecule has 0 aromatic heterocycles. The van der Waals surface area contributed by atoms with Crippen LogP contribution in [0.25, 0.3) is 0 Å². The molecule has 2 rings (SSSR count). The van der Waals surface area contributed by atoms with E-state index in [0.717, 1.165) is 5.56 Å². The monoisotopic (exact) mass is 239 g/mol. The lowest BCUT2D eigenvalue weighted by atomic mass is 10.1. The van der Waals surface area contributed by atoms with Crippen LogP contribution in [0.5, 0.6) is 0 Å². The molecule has 84 valence electrons. The largest absolute Gasteiger partial charge is 0.474 e. The van der Waals surface area contributed by atoms with Gasteiger partial charge in [0.1, 0.15) is 6.61 Å². The number of ether oxygens (including phenoxy) is 1. The molecule has 1 atom stereocenters. The van der Waals surface area contributed by atoms with Gasteiger partial charge in [0.25, 0.3) is 5.90 Å². The predicted molar refractivity (Wildman–Crippen MR) is 60.0 cm³/mol. The van der Waals surface area contributed by atoms with Crippen molar-refractivity contribution in [1.29, 1.82) is 0 Å². The summed E-state index contributed by atoms with van der Waals surface area (Å²) < 4.78 is 4.95. The zero-order valence-electron chi connectivity index (χ0n) is 8.39. The minimum Gasteiger partial charge on any atom is -0.474 e. The summed E-state index contributed by atoms with van der Waals surface area (Å²) in [7, 11) is 0. The van der Waals surface area contributed by atoms with Crippen LogP contribution in [-0.2, 0) is 16.0 Å². The summed E-state index contributed by atoms with van der Waals surface area (Å²) in [4.78, 5) is 14.5. The summed E-state index contributed by atoms with van der Waals surface area (Å²) in [6, 6.07) is 7.29. The average molecular weight is 240 g/mol. The Bertz CT molecular complexity index is 445. The van der Waals surface area contributed by atoms with E-state index in [0.29, 0.717) is 18.1 Å². The Morgan fingerprint density at radius 3 is 3.06 bits per heavy atom. The molecule has 1 aromatic rings. The molecule has 0 radical (unpaired) electrons. The molecule has 1 N–H and O–H groups in total. The van der Waals surface area contributed by atoms with Crippen molar-refractivity contribution in [2.75, 3.05) is 6.61 Å². The number of rotatable bonds is 3. The standard InChI is InChI=1S/C11H10ClNO3/c12-8-3-1-2-7(4-8)5-9-6-16-10(13-9)11(14)15/h1-4,9H,5-6H2,(H,14,15). The fourth-order valence-corrected chi connectivity index (χ4v) is 1.79. The van der Waals surface area contributed by atoms with Crippen molar-refractivity contribution < 1.29 is 14.6 Å². The van der Waals surface area contributed by atoms with E-state index in [9.17, 15) is 4.79 Å². The summed E-state index contributed by atoms with van der Waals surface area (Å²) in [5.74, 6) is -1.32. The number of carboxylic acids is 1. The highest BCUT2D eigenvalue weighted by atomic mass is 35.5. The van der Waals surface area contributed by atoms with Crippen LogP contribution in [0, 0.1) is 0 Å². The number of hydrogen-bond acceptors (Lipinski definition) is 3. The average Bonchev–Trinajstić information content (AvgIpc) is 2.66. The number of carboxylic acid groups (broad SMARTS) is 1. The summed E-state index contributed by atoms with van der Waals surface area (Å²) in [6.45, 7) is 0.314. The fourth-order valence-electron chi connectivity index (χ4n) is 1.57. The molecule has 0 spiro atoms. The van der Waals surface area contributed by atoms with Crippen LogP contribution in [-0.4, -0.2) is 29.6 Å². The second kappa shape index (κ2) is 4.53. The highest BCUT2D eigenvalue weighted by Crippen LogP contribution is 2.15. The van der Waals surface area contributed by atoms with Crippen LogP contribution in [0.3, 0.4) is 0 Å². The number of aliphatic imine (C=N–C) groups is 1. The maximum Gasteiger partial charge on any atom is 0.391 e. The Morgan fingerprint density at radius 1 is 1.62 bits per heavy atom. The lowest BCUT2D eigenvalue weighted by Crippen LogP contribution is -2.12. The van der Waals surface area contributed by atoms with Crippen LogP contribution in [0.15, 0.2) is 29.3 Å². The molecule has 0 fully saturated rings. The first kappa shape index (κ1) is 11.0. The minimum absolute atomic E-state index is 0.135. The van der Waals surface area contributed by atoms with Gasteiger partial charge in [-0.25, -0.2) is 9.79 Å². The fraction of sp³-hybridized carbons (Fsp3) is 0.273. The molecule has 0 bridgehead atoms. The first-order valence-corrected chi connectivity index (χ1v) is 5.21. The highest BCUT2D eigenvalue weighted by Gasteiger charge is 2.23. The molecule has 0 saturated heterocycles. The molecule has 1 aliphatic rings. The normalized spacial score (nSPS) is 19.1. The van der Waals surface area contributed by atoms with Gasteiger partial charge in [0.2, 0.25) is 0 Å². The third kappa shape index (κ3) is 2.52. The Morgan fingerprint density at radius 2 is 2.44 bits per heavy atom. The molecule has 1 unspecified atom stereocenters. The van der Waals surface area contributed by atoms with Crippen LogP contribution >= 0.6 is 11.6 Å². The van der Waals surface area contributed by atoms with Gasteiger partial charge in [-0.1, -0.05) is 23.7 Å². The van der Waals surface area contributed by atoms with Crippen molar-refractivity contribution in [3.63, 3.8) is 0 Å². The van der Waals surface area contributed by atoms with Crippen LogP contribution in [0.1, 0.15) is 5.56 Å². The minimum atomic E-state index is -1.12.